The summed E-state index contributed by atoms with van der Waals surface area (Å²) >= 11 is 3.49. The van der Waals surface area contributed by atoms with Crippen LogP contribution >= 0.6 is 23.5 Å². The molecule has 290 valence electrons. The molecule has 6 aromatic rings. The minimum atomic E-state index is -4.82. The van der Waals surface area contributed by atoms with Gasteiger partial charge in [0.25, 0.3) is 0 Å². The van der Waals surface area contributed by atoms with Crippen molar-refractivity contribution in [1.29, 1.82) is 0 Å². The van der Waals surface area contributed by atoms with Crippen molar-refractivity contribution >= 4 is 61.7 Å². The second-order valence-electron chi connectivity index (χ2n) is 14.3. The van der Waals surface area contributed by atoms with Crippen LogP contribution in [0.15, 0.2) is 177 Å². The van der Waals surface area contributed by atoms with Crippen LogP contribution < -0.4 is 14.8 Å². The first-order chi connectivity index (χ1) is 28.1. The highest BCUT2D eigenvalue weighted by Crippen LogP contribution is 2.44. The lowest BCUT2D eigenvalue weighted by Gasteiger charge is -2.28. The van der Waals surface area contributed by atoms with Crippen molar-refractivity contribution in [1.82, 2.24) is 4.58 Å². The smallest absolute Gasteiger partial charge is 0.212 e. The van der Waals surface area contributed by atoms with E-state index in [-0.39, 0.29) is 4.90 Å². The summed E-state index contributed by atoms with van der Waals surface area (Å²) in [6.45, 7) is 8.50. The van der Waals surface area contributed by atoms with Crippen LogP contribution in [-0.4, -0.2) is 24.7 Å². The van der Waals surface area contributed by atoms with E-state index < -0.39 is 10.1 Å². The van der Waals surface area contributed by atoms with Crippen LogP contribution in [0.3, 0.4) is 0 Å². The van der Waals surface area contributed by atoms with Crippen molar-refractivity contribution in [3.8, 4) is 22.5 Å². The Morgan fingerprint density at radius 2 is 1.22 bits per heavy atom. The number of nitrogens with zero attached hydrogens (tertiary/aromatic N) is 2. The minimum absolute atomic E-state index is 0.273. The molecular weight excluding hydrogens is 777 g/mol. The molecule has 0 atom stereocenters. The number of anilines is 2. The van der Waals surface area contributed by atoms with Gasteiger partial charge in [-0.05, 0) is 87.4 Å². The molecule has 58 heavy (non-hydrogen) atoms. The molecule has 0 aromatic heterocycles. The van der Waals surface area contributed by atoms with E-state index >= 15 is 0 Å². The zero-order valence-electron chi connectivity index (χ0n) is 32.7. The van der Waals surface area contributed by atoms with Crippen LogP contribution in [0, 0.1) is 27.7 Å². The van der Waals surface area contributed by atoms with Crippen molar-refractivity contribution in [2.75, 3.05) is 16.7 Å². The molecule has 0 saturated heterocycles. The average molecular weight is 819 g/mol. The highest BCUT2D eigenvalue weighted by Gasteiger charge is 2.25. The van der Waals surface area contributed by atoms with E-state index in [0.29, 0.717) is 45.2 Å². The van der Waals surface area contributed by atoms with Crippen LogP contribution in [0.4, 0.5) is 17.1 Å². The van der Waals surface area contributed by atoms with Gasteiger partial charge in [-0.3, -0.25) is 0 Å². The third-order valence-electron chi connectivity index (χ3n) is 10.4. The van der Waals surface area contributed by atoms with Crippen molar-refractivity contribution in [2.45, 2.75) is 42.4 Å². The molecule has 2 aliphatic rings. The van der Waals surface area contributed by atoms with Crippen LogP contribution in [0.2, 0.25) is 0 Å². The zero-order valence-corrected chi connectivity index (χ0v) is 35.1. The highest BCUT2D eigenvalue weighted by atomic mass is 32.2. The second kappa shape index (κ2) is 16.7. The average Bonchev–Trinajstić information content (AvgIpc) is 3.22. The summed E-state index contributed by atoms with van der Waals surface area (Å²) in [6.07, 6.45) is 0. The quantitative estimate of drug-likeness (QED) is 0.0423. The summed E-state index contributed by atoms with van der Waals surface area (Å²) in [5.41, 5.74) is 9.92. The molecule has 0 bridgehead atoms. The van der Waals surface area contributed by atoms with Crippen LogP contribution in [-0.2, 0) is 10.1 Å². The van der Waals surface area contributed by atoms with Crippen molar-refractivity contribution in [2.24, 2.45) is 0 Å². The van der Waals surface area contributed by atoms with Gasteiger partial charge in [0.1, 0.15) is 21.5 Å². The topological polar surface area (TPSA) is 76.6 Å². The summed E-state index contributed by atoms with van der Waals surface area (Å²) in [4.78, 5) is 4.33. The predicted molar refractivity (Wildman–Crippen MR) is 239 cm³/mol. The zero-order chi connectivity index (χ0) is 40.4. The standard InChI is InChI=1S/C49H42N2O4S3/c1-33-15-13-16-34(2)48(33)50(31-56-39-19-7-5-8-20-39)37-25-27-41-44(29-37)55-45-30-38(26-28-42(45)47(41)43-23-11-12-24-46(43)58(52,53)54)51(32-57-40-21-9-6-10-22-40)49-35(3)17-14-18-36(49)4/h5-30H,31-32H2,1-4H3. The Hall–Kier alpha value is -5.58. The number of benzene rings is 7. The summed E-state index contributed by atoms with van der Waals surface area (Å²) in [6, 6.07) is 51.9. The first-order valence-corrected chi connectivity index (χ1v) is 22.4. The molecule has 0 radical (unpaired) electrons. The van der Waals surface area contributed by atoms with Gasteiger partial charge in [0, 0.05) is 66.5 Å². The molecule has 0 N–H and O–H groups in total. The Kier molecular flexibility index (Phi) is 11.3. The Bertz CT molecular complexity index is 2890. The lowest BCUT2D eigenvalue weighted by Crippen LogP contribution is -2.26. The van der Waals surface area contributed by atoms with Crippen molar-refractivity contribution in [3.05, 3.63) is 185 Å². The molecule has 8 rings (SSSR count). The molecule has 0 spiro atoms. The Labute approximate surface area is 348 Å². The summed E-state index contributed by atoms with van der Waals surface area (Å²) in [5.74, 6) is 1.83. The summed E-state index contributed by atoms with van der Waals surface area (Å²) in [5, 5.41) is 1.61. The lowest BCUT2D eigenvalue weighted by molar-refractivity contribution is 0.463. The Morgan fingerprint density at radius 3 is 1.88 bits per heavy atom. The Morgan fingerprint density at radius 1 is 0.621 bits per heavy atom. The van der Waals surface area contributed by atoms with Gasteiger partial charge in [0.15, 0.2) is 5.88 Å². The van der Waals surface area contributed by atoms with Gasteiger partial charge < -0.3 is 13.9 Å². The number of rotatable bonds is 11. The van der Waals surface area contributed by atoms with Gasteiger partial charge in [-0.1, -0.05) is 103 Å². The van der Waals surface area contributed by atoms with Crippen molar-refractivity contribution < 1.29 is 17.4 Å². The number of aryl methyl sites for hydroxylation is 4. The molecule has 0 amide bonds. The summed E-state index contributed by atoms with van der Waals surface area (Å²) < 4.78 is 47.7. The number of para-hydroxylation sites is 2. The number of fused-ring (bicyclic) bond motifs is 2. The predicted octanol–water partition coefficient (Wildman–Crippen LogP) is 12.1. The van der Waals surface area contributed by atoms with E-state index in [0.717, 1.165) is 54.5 Å². The molecule has 1 heterocycles. The third kappa shape index (κ3) is 8.08. The van der Waals surface area contributed by atoms with E-state index in [4.69, 9.17) is 4.42 Å². The van der Waals surface area contributed by atoms with Crippen LogP contribution in [0.1, 0.15) is 22.3 Å². The fourth-order valence-electron chi connectivity index (χ4n) is 7.70. The maximum Gasteiger partial charge on any atom is 0.212 e. The van der Waals surface area contributed by atoms with Gasteiger partial charge in [0.05, 0.1) is 16.8 Å². The first kappa shape index (κ1) is 39.3. The van der Waals surface area contributed by atoms with Crippen LogP contribution in [0.25, 0.3) is 33.4 Å². The fourth-order valence-corrected chi connectivity index (χ4v) is 10.2. The van der Waals surface area contributed by atoms with Gasteiger partial charge in [-0.25, -0.2) is 8.42 Å². The largest absolute Gasteiger partial charge is 0.744 e. The van der Waals surface area contributed by atoms with Crippen LogP contribution in [0.5, 0.6) is 0 Å². The molecular formula is C49H42N2O4S3. The van der Waals surface area contributed by atoms with Gasteiger partial charge in [0.2, 0.25) is 11.0 Å². The van der Waals surface area contributed by atoms with E-state index in [9.17, 15) is 13.0 Å². The number of thioether (sulfide) groups is 2. The Balaban J connectivity index is 1.40. The fraction of sp³-hybridized carbons (Fsp3) is 0.122. The second-order valence-corrected chi connectivity index (χ2v) is 17.7. The molecule has 0 fully saturated rings. The van der Waals surface area contributed by atoms with Gasteiger partial charge >= 0.3 is 0 Å². The van der Waals surface area contributed by atoms with E-state index in [2.05, 4.69) is 110 Å². The number of hydrogen-bond donors (Lipinski definition) is 0. The maximum atomic E-state index is 12.8. The maximum absolute atomic E-state index is 12.8. The molecule has 6 nitrogen and oxygen atoms in total. The highest BCUT2D eigenvalue weighted by molar-refractivity contribution is 7.99. The van der Waals surface area contributed by atoms with Crippen molar-refractivity contribution in [3.63, 3.8) is 0 Å². The molecule has 0 saturated carbocycles. The van der Waals surface area contributed by atoms with E-state index in [1.54, 1.807) is 41.7 Å². The molecule has 9 heteroatoms. The van der Waals surface area contributed by atoms with Gasteiger partial charge in [-0.15, -0.1) is 11.8 Å². The van der Waals surface area contributed by atoms with Gasteiger partial charge in [-0.2, -0.15) is 4.58 Å². The van der Waals surface area contributed by atoms with E-state index in [1.165, 1.54) is 6.07 Å². The molecule has 0 unspecified atom stereocenters. The minimum Gasteiger partial charge on any atom is -0.744 e. The summed E-state index contributed by atoms with van der Waals surface area (Å²) in [7, 11) is -4.82. The lowest BCUT2D eigenvalue weighted by atomic mass is 9.93. The molecule has 1 aliphatic heterocycles. The first-order valence-electron chi connectivity index (χ1n) is 19.0. The monoisotopic (exact) mass is 818 g/mol. The third-order valence-corrected chi connectivity index (χ3v) is 13.2. The molecule has 1 aliphatic carbocycles. The van der Waals surface area contributed by atoms with E-state index in [1.807, 2.05) is 60.7 Å². The normalized spacial score (nSPS) is 12.2. The molecule has 6 aromatic carbocycles. The SMILES string of the molecule is Cc1cccc(C)c1N(CSc1ccccc1)c1ccc2c(-c3ccccc3S(=O)(=O)[O-])c3cc/c(=[N+](/CSc4ccccc4)c4c(C)cccc4C)cc-3oc2c1. The number of hydrogen-bond acceptors (Lipinski definition) is 7.